The van der Waals surface area contributed by atoms with E-state index in [-0.39, 0.29) is 12.0 Å². The van der Waals surface area contributed by atoms with Crippen LogP contribution in [0.4, 0.5) is 23.4 Å². The molecule has 5 rings (SSSR count). The van der Waals surface area contributed by atoms with Gasteiger partial charge in [0.2, 0.25) is 0 Å². The first kappa shape index (κ1) is 23.8. The van der Waals surface area contributed by atoms with Crippen LogP contribution in [0.3, 0.4) is 0 Å². The zero-order valence-electron chi connectivity index (χ0n) is 19.3. The fraction of sp³-hybridized carbons (Fsp3) is 0.542. The molecule has 1 N–H and O–H groups in total. The molecular formula is C24H27F4N5O2. The molecule has 7 nitrogen and oxygen atoms in total. The molecule has 1 unspecified atom stereocenters. The quantitative estimate of drug-likeness (QED) is 0.459. The lowest BCUT2D eigenvalue weighted by atomic mass is 9.93. The highest BCUT2D eigenvalue weighted by Gasteiger charge is 2.37. The third-order valence-electron chi connectivity index (χ3n) is 6.73. The van der Waals surface area contributed by atoms with Gasteiger partial charge in [0, 0.05) is 42.9 Å². The Morgan fingerprint density at radius 1 is 1.17 bits per heavy atom. The standard InChI is InChI=1S/C24H27F4N5O2/c1-2-29-20-11-19-17(12-31-20)22(14-8-10-34-13-14)32-33(19)15-3-5-16(6-4-15)35-23-21(25)18(7-9-30-23)24(26,27)28/h7,9,11-12,14-16H,2-6,8,10,13H2,1H3,(H,29,31)/t14?,15-,16+. The second kappa shape index (κ2) is 9.60. The van der Waals surface area contributed by atoms with Crippen molar-refractivity contribution in [2.24, 2.45) is 0 Å². The van der Waals surface area contributed by atoms with E-state index in [1.54, 1.807) is 0 Å². The Morgan fingerprint density at radius 2 is 1.97 bits per heavy atom. The SMILES string of the molecule is CCNc1cc2c(cn1)c(C1CCOC1)nn2[C@H]1CC[C@@H](Oc2nccc(C(F)(F)F)c2F)CC1. The number of alkyl halides is 3. The van der Waals surface area contributed by atoms with Gasteiger partial charge in [0.15, 0.2) is 5.82 Å². The summed E-state index contributed by atoms with van der Waals surface area (Å²) >= 11 is 0. The monoisotopic (exact) mass is 493 g/mol. The maximum absolute atomic E-state index is 14.3. The van der Waals surface area contributed by atoms with Crippen molar-refractivity contribution in [3.8, 4) is 5.88 Å². The van der Waals surface area contributed by atoms with Gasteiger partial charge in [-0.15, -0.1) is 0 Å². The van der Waals surface area contributed by atoms with Crippen molar-refractivity contribution in [1.29, 1.82) is 0 Å². The smallest absolute Gasteiger partial charge is 0.419 e. The number of ether oxygens (including phenoxy) is 2. The number of aromatic nitrogens is 4. The third-order valence-corrected chi connectivity index (χ3v) is 6.73. The van der Waals surface area contributed by atoms with E-state index in [9.17, 15) is 17.6 Å². The fourth-order valence-corrected chi connectivity index (χ4v) is 4.95. The largest absolute Gasteiger partial charge is 0.472 e. The number of fused-ring (bicyclic) bond motifs is 1. The van der Waals surface area contributed by atoms with E-state index < -0.39 is 29.5 Å². The maximum Gasteiger partial charge on any atom is 0.419 e. The average Bonchev–Trinajstić information content (AvgIpc) is 3.48. The number of pyridine rings is 2. The molecule has 1 saturated heterocycles. The van der Waals surface area contributed by atoms with Crippen LogP contribution in [0, 0.1) is 5.82 Å². The van der Waals surface area contributed by atoms with Crippen molar-refractivity contribution < 1.29 is 27.0 Å². The fourth-order valence-electron chi connectivity index (χ4n) is 4.95. The molecule has 4 heterocycles. The molecule has 2 aliphatic rings. The number of rotatable bonds is 6. The Hall–Kier alpha value is -2.95. The van der Waals surface area contributed by atoms with Gasteiger partial charge in [-0.3, -0.25) is 4.68 Å². The lowest BCUT2D eigenvalue weighted by Gasteiger charge is -2.29. The van der Waals surface area contributed by atoms with E-state index in [2.05, 4.69) is 15.3 Å². The summed E-state index contributed by atoms with van der Waals surface area (Å²) in [5.74, 6) is -1.07. The highest BCUT2D eigenvalue weighted by Crippen LogP contribution is 2.38. The summed E-state index contributed by atoms with van der Waals surface area (Å²) in [5.41, 5.74) is 0.613. The van der Waals surface area contributed by atoms with Gasteiger partial charge in [0.25, 0.3) is 5.88 Å². The van der Waals surface area contributed by atoms with Crippen LogP contribution >= 0.6 is 0 Å². The summed E-state index contributed by atoms with van der Waals surface area (Å²) in [4.78, 5) is 8.23. The normalized spacial score (nSPS) is 23.1. The predicted octanol–water partition coefficient (Wildman–Crippen LogP) is 5.48. The molecule has 188 valence electrons. The number of nitrogens with one attached hydrogen (secondary N) is 1. The Labute approximate surface area is 199 Å². The van der Waals surface area contributed by atoms with E-state index in [0.717, 1.165) is 41.6 Å². The molecule has 0 spiro atoms. The lowest BCUT2D eigenvalue weighted by molar-refractivity contribution is -0.140. The molecule has 3 aromatic rings. The summed E-state index contributed by atoms with van der Waals surface area (Å²) in [5, 5.41) is 9.24. The van der Waals surface area contributed by atoms with Crippen LogP contribution in [0.25, 0.3) is 10.9 Å². The maximum atomic E-state index is 14.3. The van der Waals surface area contributed by atoms with Crippen molar-refractivity contribution in [3.05, 3.63) is 41.6 Å². The minimum Gasteiger partial charge on any atom is -0.472 e. The average molecular weight is 494 g/mol. The highest BCUT2D eigenvalue weighted by molar-refractivity contribution is 5.84. The van der Waals surface area contributed by atoms with Crippen molar-refractivity contribution >= 4 is 16.7 Å². The number of halogens is 4. The van der Waals surface area contributed by atoms with Crippen LogP contribution in [0.1, 0.15) is 62.2 Å². The Bertz CT molecular complexity index is 1180. The van der Waals surface area contributed by atoms with E-state index in [1.165, 1.54) is 0 Å². The molecular weight excluding hydrogens is 466 g/mol. The van der Waals surface area contributed by atoms with Gasteiger partial charge in [0.05, 0.1) is 29.4 Å². The molecule has 0 radical (unpaired) electrons. The van der Waals surface area contributed by atoms with Crippen LogP contribution in [-0.2, 0) is 10.9 Å². The van der Waals surface area contributed by atoms with E-state index in [0.29, 0.717) is 45.0 Å². The van der Waals surface area contributed by atoms with Crippen molar-refractivity contribution in [1.82, 2.24) is 19.7 Å². The second-order valence-corrected chi connectivity index (χ2v) is 9.03. The summed E-state index contributed by atoms with van der Waals surface area (Å²) < 4.78 is 66.6. The summed E-state index contributed by atoms with van der Waals surface area (Å²) in [6.07, 6.45) is 0.980. The summed E-state index contributed by atoms with van der Waals surface area (Å²) in [6, 6.07) is 2.71. The lowest BCUT2D eigenvalue weighted by Crippen LogP contribution is -2.27. The Morgan fingerprint density at radius 3 is 2.66 bits per heavy atom. The van der Waals surface area contributed by atoms with Gasteiger partial charge < -0.3 is 14.8 Å². The highest BCUT2D eigenvalue weighted by atomic mass is 19.4. The van der Waals surface area contributed by atoms with Gasteiger partial charge in [-0.1, -0.05) is 0 Å². The van der Waals surface area contributed by atoms with Crippen molar-refractivity contribution in [2.45, 2.75) is 63.3 Å². The Balaban J connectivity index is 1.35. The van der Waals surface area contributed by atoms with E-state index in [1.807, 2.05) is 23.9 Å². The minimum atomic E-state index is -4.80. The van der Waals surface area contributed by atoms with Gasteiger partial charge in [0.1, 0.15) is 11.9 Å². The van der Waals surface area contributed by atoms with Gasteiger partial charge >= 0.3 is 6.18 Å². The second-order valence-electron chi connectivity index (χ2n) is 9.03. The van der Waals surface area contributed by atoms with E-state index in [4.69, 9.17) is 14.6 Å². The topological polar surface area (TPSA) is 74.1 Å². The number of hydrogen-bond donors (Lipinski definition) is 1. The molecule has 11 heteroatoms. The number of nitrogens with zero attached hydrogens (tertiary/aromatic N) is 4. The molecule has 1 atom stereocenters. The molecule has 2 fully saturated rings. The molecule has 1 aliphatic carbocycles. The molecule has 1 saturated carbocycles. The summed E-state index contributed by atoms with van der Waals surface area (Å²) in [7, 11) is 0. The van der Waals surface area contributed by atoms with Gasteiger partial charge in [-0.05, 0) is 45.1 Å². The first-order chi connectivity index (χ1) is 16.8. The number of anilines is 1. The van der Waals surface area contributed by atoms with Gasteiger partial charge in [-0.2, -0.15) is 18.3 Å². The minimum absolute atomic E-state index is 0.0876. The van der Waals surface area contributed by atoms with Crippen molar-refractivity contribution in [2.75, 3.05) is 25.1 Å². The molecule has 1 aliphatic heterocycles. The first-order valence-corrected chi connectivity index (χ1v) is 11.9. The molecule has 35 heavy (non-hydrogen) atoms. The third kappa shape index (κ3) is 4.78. The zero-order chi connectivity index (χ0) is 24.6. The predicted molar refractivity (Wildman–Crippen MR) is 121 cm³/mol. The van der Waals surface area contributed by atoms with Crippen molar-refractivity contribution in [3.63, 3.8) is 0 Å². The zero-order valence-corrected chi connectivity index (χ0v) is 19.3. The van der Waals surface area contributed by atoms with Gasteiger partial charge in [-0.25, -0.2) is 14.4 Å². The molecule has 0 aromatic carbocycles. The number of hydrogen-bond acceptors (Lipinski definition) is 6. The molecule has 0 bridgehead atoms. The van der Waals surface area contributed by atoms with E-state index >= 15 is 0 Å². The first-order valence-electron chi connectivity index (χ1n) is 11.9. The molecule has 0 amide bonds. The molecule has 3 aromatic heterocycles. The van der Waals surface area contributed by atoms with Crippen LogP contribution in [0.15, 0.2) is 24.5 Å². The van der Waals surface area contributed by atoms with Crippen LogP contribution in [0.5, 0.6) is 5.88 Å². The summed E-state index contributed by atoms with van der Waals surface area (Å²) in [6.45, 7) is 4.11. The Kier molecular flexibility index (Phi) is 6.52. The van der Waals surface area contributed by atoms with Crippen LogP contribution < -0.4 is 10.1 Å². The van der Waals surface area contributed by atoms with Crippen LogP contribution in [0.2, 0.25) is 0 Å². The van der Waals surface area contributed by atoms with Crippen LogP contribution in [-0.4, -0.2) is 45.6 Å².